The molecular formula is C32H43N5O7S2. The number of phenols is 1. The second-order valence-electron chi connectivity index (χ2n) is 12.3. The van der Waals surface area contributed by atoms with Crippen molar-refractivity contribution in [1.29, 1.82) is 0 Å². The highest BCUT2D eigenvalue weighted by molar-refractivity contribution is 8.77. The van der Waals surface area contributed by atoms with Crippen molar-refractivity contribution in [1.82, 2.24) is 21.3 Å². The predicted octanol–water partition coefficient (Wildman–Crippen LogP) is 1.89. The van der Waals surface area contributed by atoms with Crippen molar-refractivity contribution >= 4 is 51.2 Å². The molecule has 12 nitrogen and oxygen atoms in total. The molecule has 250 valence electrons. The van der Waals surface area contributed by atoms with Crippen LogP contribution in [0.5, 0.6) is 5.75 Å². The zero-order valence-electron chi connectivity index (χ0n) is 26.5. The Balaban J connectivity index is 1.96. The number of hydrogen-bond acceptors (Lipinski definition) is 9. The molecule has 3 rings (SSSR count). The predicted molar refractivity (Wildman–Crippen MR) is 179 cm³/mol. The number of hydrogen-bond donors (Lipinski definition) is 7. The Hall–Kier alpha value is -3.75. The van der Waals surface area contributed by atoms with E-state index in [1.165, 1.54) is 22.9 Å². The monoisotopic (exact) mass is 673 g/mol. The van der Waals surface area contributed by atoms with Gasteiger partial charge in [-0.25, -0.2) is 4.79 Å². The van der Waals surface area contributed by atoms with E-state index in [9.17, 15) is 34.2 Å². The normalized spacial score (nSPS) is 24.3. The van der Waals surface area contributed by atoms with Crippen LogP contribution in [0.15, 0.2) is 54.6 Å². The molecular weight excluding hydrogens is 631 g/mol. The first-order chi connectivity index (χ1) is 21.5. The van der Waals surface area contributed by atoms with E-state index in [0.717, 1.165) is 16.4 Å². The van der Waals surface area contributed by atoms with Crippen molar-refractivity contribution < 1.29 is 34.2 Å². The molecule has 5 atom stereocenters. The fraction of sp³-hybridized carbons (Fsp3) is 0.469. The molecule has 0 aliphatic carbocycles. The highest BCUT2D eigenvalue weighted by Crippen LogP contribution is 2.46. The van der Waals surface area contributed by atoms with E-state index in [0.29, 0.717) is 5.56 Å². The van der Waals surface area contributed by atoms with Crippen molar-refractivity contribution in [3.8, 4) is 5.75 Å². The van der Waals surface area contributed by atoms with Gasteiger partial charge < -0.3 is 37.2 Å². The first kappa shape index (κ1) is 36.7. The molecule has 0 unspecified atom stereocenters. The number of carbonyl (C=O) groups excluding carboxylic acids is 4. The Kier molecular flexibility index (Phi) is 12.5. The number of carboxylic acid groups (broad SMARTS) is 1. The maximum Gasteiger partial charge on any atom is 0.327 e. The van der Waals surface area contributed by atoms with E-state index in [2.05, 4.69) is 21.3 Å². The molecule has 0 radical (unpaired) electrons. The third kappa shape index (κ3) is 9.87. The van der Waals surface area contributed by atoms with Gasteiger partial charge in [0.2, 0.25) is 23.6 Å². The first-order valence-electron chi connectivity index (χ1n) is 14.9. The summed E-state index contributed by atoms with van der Waals surface area (Å²) in [5.74, 6) is -3.75. The number of carboxylic acids is 1. The summed E-state index contributed by atoms with van der Waals surface area (Å²) >= 11 is 0. The summed E-state index contributed by atoms with van der Waals surface area (Å²) < 4.78 is -2.16. The van der Waals surface area contributed by atoms with Crippen LogP contribution < -0.4 is 27.0 Å². The molecule has 0 aromatic heterocycles. The Morgan fingerprint density at radius 1 is 0.848 bits per heavy atom. The largest absolute Gasteiger partial charge is 0.508 e. The minimum Gasteiger partial charge on any atom is -0.508 e. The molecule has 0 saturated carbocycles. The average molecular weight is 674 g/mol. The first-order valence-corrected chi connectivity index (χ1v) is 17.1. The third-order valence-corrected chi connectivity index (χ3v) is 11.9. The maximum atomic E-state index is 13.9. The van der Waals surface area contributed by atoms with Gasteiger partial charge in [0.25, 0.3) is 0 Å². The lowest BCUT2D eigenvalue weighted by atomic mass is 9.99. The van der Waals surface area contributed by atoms with E-state index in [4.69, 9.17) is 5.73 Å². The van der Waals surface area contributed by atoms with Crippen molar-refractivity contribution in [2.45, 2.75) is 93.6 Å². The third-order valence-electron chi connectivity index (χ3n) is 7.63. The van der Waals surface area contributed by atoms with Crippen molar-refractivity contribution in [2.24, 2.45) is 5.73 Å². The minimum atomic E-state index is -1.37. The molecule has 1 saturated heterocycles. The van der Waals surface area contributed by atoms with Crippen molar-refractivity contribution in [2.75, 3.05) is 0 Å². The fourth-order valence-corrected chi connectivity index (χ4v) is 7.62. The second-order valence-corrected chi connectivity index (χ2v) is 15.7. The van der Waals surface area contributed by atoms with Gasteiger partial charge in [-0.1, -0.05) is 71.0 Å². The Morgan fingerprint density at radius 2 is 1.41 bits per heavy atom. The van der Waals surface area contributed by atoms with Crippen LogP contribution in [0.1, 0.15) is 52.2 Å². The topological polar surface area (TPSA) is 200 Å². The summed E-state index contributed by atoms with van der Waals surface area (Å²) in [6.45, 7) is 8.44. The maximum absolute atomic E-state index is 13.9. The molecule has 46 heavy (non-hydrogen) atoms. The number of aliphatic carboxylic acids is 1. The van der Waals surface area contributed by atoms with Crippen LogP contribution in [0.25, 0.3) is 0 Å². The molecule has 1 fully saturated rings. The summed E-state index contributed by atoms with van der Waals surface area (Å²) in [6.07, 6.45) is 0.395. The molecule has 1 aliphatic rings. The SMILES string of the molecule is CC[C@H]1NC(=O)[C@H](NC(=O)[C@@H](N)Cc2ccc(O)cc2)C(C)(C)SSC(C)(C)[C@H](C(=O)O)NC(=O)[C@H](Cc2ccccc2)NC1=O. The van der Waals surface area contributed by atoms with Crippen LogP contribution in [0.2, 0.25) is 0 Å². The van der Waals surface area contributed by atoms with Crippen LogP contribution in [-0.2, 0) is 36.8 Å². The summed E-state index contributed by atoms with van der Waals surface area (Å²) in [6, 6.07) is 9.42. The van der Waals surface area contributed by atoms with E-state index >= 15 is 0 Å². The van der Waals surface area contributed by atoms with Crippen LogP contribution in [-0.4, -0.2) is 79.5 Å². The van der Waals surface area contributed by atoms with Gasteiger partial charge in [-0.2, -0.15) is 0 Å². The summed E-state index contributed by atoms with van der Waals surface area (Å²) in [5.41, 5.74) is 7.67. The molecule has 0 bridgehead atoms. The molecule has 0 spiro atoms. The van der Waals surface area contributed by atoms with Gasteiger partial charge >= 0.3 is 5.97 Å². The van der Waals surface area contributed by atoms with Crippen molar-refractivity contribution in [3.63, 3.8) is 0 Å². The van der Waals surface area contributed by atoms with Gasteiger partial charge in [0.1, 0.15) is 29.9 Å². The number of amides is 4. The summed E-state index contributed by atoms with van der Waals surface area (Å²) in [4.78, 5) is 66.7. The van der Waals surface area contributed by atoms with E-state index in [-0.39, 0.29) is 25.0 Å². The van der Waals surface area contributed by atoms with Crippen LogP contribution in [0, 0.1) is 0 Å². The van der Waals surface area contributed by atoms with E-state index in [1.54, 1.807) is 71.0 Å². The molecule has 2 aromatic carbocycles. The quantitative estimate of drug-likeness (QED) is 0.203. The van der Waals surface area contributed by atoms with Gasteiger partial charge in [0.15, 0.2) is 0 Å². The molecule has 1 heterocycles. The molecule has 14 heteroatoms. The number of carbonyl (C=O) groups is 5. The Bertz CT molecular complexity index is 1410. The molecule has 8 N–H and O–H groups in total. The number of benzene rings is 2. The number of rotatable bonds is 8. The number of nitrogens with two attached hydrogens (primary N) is 1. The standard InChI is InChI=1S/C32H43N5O7S2/c1-6-22-27(40)35-23(17-18-10-8-7-9-11-18)28(41)37-25(30(43)44)32(4,5)46-45-31(2,3)24(29(42)34-22)36-26(39)21(33)16-19-12-14-20(38)15-13-19/h7-15,21-25,38H,6,16-17,33H2,1-5H3,(H,34,42)(H,35,40)(H,36,39)(H,37,41)(H,43,44)/t21-,22+,23-,24-,25-/m0/s1. The minimum absolute atomic E-state index is 0.0722. The zero-order valence-corrected chi connectivity index (χ0v) is 28.2. The number of nitrogens with one attached hydrogen (secondary N) is 4. The zero-order chi connectivity index (χ0) is 34.2. The van der Waals surface area contributed by atoms with Crippen LogP contribution in [0.3, 0.4) is 0 Å². The molecule has 2 aromatic rings. The smallest absolute Gasteiger partial charge is 0.327 e. The Labute approximate surface area is 276 Å². The lowest BCUT2D eigenvalue weighted by molar-refractivity contribution is -0.143. The van der Waals surface area contributed by atoms with Gasteiger partial charge in [-0.15, -0.1) is 0 Å². The lowest BCUT2D eigenvalue weighted by Gasteiger charge is -2.39. The fourth-order valence-electron chi connectivity index (χ4n) is 4.81. The number of aromatic hydroxyl groups is 1. The van der Waals surface area contributed by atoms with Gasteiger partial charge in [-0.05, 0) is 63.8 Å². The van der Waals surface area contributed by atoms with Crippen molar-refractivity contribution in [3.05, 3.63) is 65.7 Å². The van der Waals surface area contributed by atoms with Gasteiger partial charge in [0.05, 0.1) is 10.8 Å². The highest BCUT2D eigenvalue weighted by Gasteiger charge is 2.45. The Morgan fingerprint density at radius 3 is 2.00 bits per heavy atom. The highest BCUT2D eigenvalue weighted by atomic mass is 33.1. The molecule has 1 aliphatic heterocycles. The molecule has 4 amide bonds. The lowest BCUT2D eigenvalue weighted by Crippen LogP contribution is -2.63. The van der Waals surface area contributed by atoms with E-state index in [1.807, 2.05) is 6.07 Å². The average Bonchev–Trinajstić information content (AvgIpc) is 3.00. The van der Waals surface area contributed by atoms with Gasteiger partial charge in [-0.3, -0.25) is 19.2 Å². The van der Waals surface area contributed by atoms with Crippen LogP contribution >= 0.6 is 21.6 Å². The van der Waals surface area contributed by atoms with Crippen LogP contribution in [0.4, 0.5) is 0 Å². The van der Waals surface area contributed by atoms with Gasteiger partial charge in [0, 0.05) is 11.2 Å². The summed E-state index contributed by atoms with van der Waals surface area (Å²) in [7, 11) is 2.33. The number of phenolic OH excluding ortho intramolecular Hbond substituents is 1. The van der Waals surface area contributed by atoms with E-state index < -0.39 is 69.3 Å². The summed E-state index contributed by atoms with van der Waals surface area (Å²) in [5, 5.41) is 30.6. The second kappa shape index (κ2) is 15.7.